The molecule has 0 fully saturated rings. The first-order valence-electron chi connectivity index (χ1n) is 6.58. The standard InChI is InChI=1S/C14H15N2O5P/c1-3-20-22(19)13-9-12(10(2)8-11(13)16(17)18)21-14-6-4-5-7-15-14/h4-9,22H,3H2,1-2H3. The molecule has 2 aromatic rings. The van der Waals surface area contributed by atoms with Gasteiger partial charge in [0.25, 0.3) is 5.69 Å². The van der Waals surface area contributed by atoms with Crippen molar-refractivity contribution in [2.45, 2.75) is 13.8 Å². The number of rotatable bonds is 6. The van der Waals surface area contributed by atoms with Crippen LogP contribution < -0.4 is 10.0 Å². The van der Waals surface area contributed by atoms with Crippen molar-refractivity contribution in [2.75, 3.05) is 6.61 Å². The second-order valence-corrected chi connectivity index (χ2v) is 5.78. The van der Waals surface area contributed by atoms with Crippen molar-refractivity contribution in [3.8, 4) is 11.6 Å². The molecule has 1 unspecified atom stereocenters. The molecule has 1 aromatic heterocycles. The summed E-state index contributed by atoms with van der Waals surface area (Å²) in [5, 5.41) is 11.2. The summed E-state index contributed by atoms with van der Waals surface area (Å²) in [5.41, 5.74) is 0.315. The number of hydrogen-bond acceptors (Lipinski definition) is 6. The monoisotopic (exact) mass is 322 g/mol. The van der Waals surface area contributed by atoms with Gasteiger partial charge in [-0.3, -0.25) is 14.7 Å². The highest BCUT2D eigenvalue weighted by molar-refractivity contribution is 7.48. The molecule has 1 heterocycles. The molecule has 116 valence electrons. The van der Waals surface area contributed by atoms with Crippen LogP contribution in [-0.2, 0) is 9.09 Å². The van der Waals surface area contributed by atoms with Gasteiger partial charge in [-0.2, -0.15) is 0 Å². The molecule has 0 spiro atoms. The van der Waals surface area contributed by atoms with Crippen LogP contribution in [0, 0.1) is 17.0 Å². The number of hydrogen-bond donors (Lipinski definition) is 0. The van der Waals surface area contributed by atoms with Crippen molar-refractivity contribution >= 4 is 19.0 Å². The number of aryl methyl sites for hydroxylation is 1. The number of aromatic nitrogens is 1. The Hall–Kier alpha value is -2.24. The number of nitro benzene ring substituents is 1. The van der Waals surface area contributed by atoms with E-state index in [0.29, 0.717) is 17.2 Å². The van der Waals surface area contributed by atoms with Crippen LogP contribution in [-0.4, -0.2) is 16.5 Å². The minimum absolute atomic E-state index is 0.0355. The number of pyridine rings is 1. The van der Waals surface area contributed by atoms with Crippen LogP contribution in [0.15, 0.2) is 36.5 Å². The Morgan fingerprint density at radius 1 is 1.36 bits per heavy atom. The van der Waals surface area contributed by atoms with Crippen molar-refractivity contribution in [1.29, 1.82) is 0 Å². The highest BCUT2D eigenvalue weighted by Gasteiger charge is 2.22. The third-order valence-electron chi connectivity index (χ3n) is 2.84. The maximum absolute atomic E-state index is 12.1. The third-order valence-corrected chi connectivity index (χ3v) is 4.23. The fourth-order valence-corrected chi connectivity index (χ4v) is 2.87. The second kappa shape index (κ2) is 7.15. The van der Waals surface area contributed by atoms with Gasteiger partial charge in [0.1, 0.15) is 11.1 Å². The van der Waals surface area contributed by atoms with Gasteiger partial charge in [-0.25, -0.2) is 4.98 Å². The molecular formula is C14H15N2O5P. The van der Waals surface area contributed by atoms with Crippen molar-refractivity contribution in [1.82, 2.24) is 4.98 Å². The molecule has 0 aliphatic rings. The molecule has 0 aliphatic heterocycles. The maximum atomic E-state index is 12.1. The Labute approximate surface area is 127 Å². The lowest BCUT2D eigenvalue weighted by atomic mass is 10.2. The lowest BCUT2D eigenvalue weighted by molar-refractivity contribution is -0.383. The molecule has 8 heteroatoms. The summed E-state index contributed by atoms with van der Waals surface area (Å²) in [4.78, 5) is 14.6. The Balaban J connectivity index is 2.45. The zero-order valence-electron chi connectivity index (χ0n) is 12.1. The molecule has 22 heavy (non-hydrogen) atoms. The highest BCUT2D eigenvalue weighted by atomic mass is 31.1. The minimum atomic E-state index is -2.71. The van der Waals surface area contributed by atoms with Crippen LogP contribution in [0.1, 0.15) is 12.5 Å². The van der Waals surface area contributed by atoms with E-state index in [2.05, 4.69) is 4.98 Å². The van der Waals surface area contributed by atoms with Gasteiger partial charge in [-0.1, -0.05) is 6.07 Å². The lowest BCUT2D eigenvalue weighted by Crippen LogP contribution is -2.08. The summed E-state index contributed by atoms with van der Waals surface area (Å²) in [6, 6.07) is 7.88. The van der Waals surface area contributed by atoms with Crippen LogP contribution in [0.5, 0.6) is 11.6 Å². The van der Waals surface area contributed by atoms with E-state index in [1.807, 2.05) is 0 Å². The van der Waals surface area contributed by atoms with Crippen molar-refractivity contribution < 1.29 is 18.7 Å². The van der Waals surface area contributed by atoms with Gasteiger partial charge in [0.05, 0.1) is 11.5 Å². The van der Waals surface area contributed by atoms with E-state index >= 15 is 0 Å². The van der Waals surface area contributed by atoms with Crippen molar-refractivity contribution in [3.63, 3.8) is 0 Å². The number of benzene rings is 1. The molecule has 1 aromatic carbocycles. The van der Waals surface area contributed by atoms with E-state index in [9.17, 15) is 14.7 Å². The molecule has 0 saturated carbocycles. The van der Waals surface area contributed by atoms with Crippen LogP contribution in [0.4, 0.5) is 5.69 Å². The van der Waals surface area contributed by atoms with E-state index in [0.717, 1.165) is 0 Å². The summed E-state index contributed by atoms with van der Waals surface area (Å²) in [6.07, 6.45) is 1.57. The average molecular weight is 322 g/mol. The largest absolute Gasteiger partial charge is 0.439 e. The van der Waals surface area contributed by atoms with Crippen molar-refractivity contribution in [3.05, 3.63) is 52.2 Å². The average Bonchev–Trinajstić information content (AvgIpc) is 2.50. The van der Waals surface area contributed by atoms with Crippen LogP contribution in [0.25, 0.3) is 0 Å². The Kier molecular flexibility index (Phi) is 5.25. The molecule has 0 radical (unpaired) electrons. The van der Waals surface area contributed by atoms with Gasteiger partial charge in [0, 0.05) is 24.4 Å². The minimum Gasteiger partial charge on any atom is -0.439 e. The molecule has 0 N–H and O–H groups in total. The Morgan fingerprint density at radius 3 is 2.73 bits per heavy atom. The second-order valence-electron chi connectivity index (χ2n) is 4.38. The van der Waals surface area contributed by atoms with Gasteiger partial charge in [-0.05, 0) is 25.5 Å². The predicted molar refractivity (Wildman–Crippen MR) is 82.4 cm³/mol. The first-order chi connectivity index (χ1) is 10.5. The fourth-order valence-electron chi connectivity index (χ4n) is 1.83. The number of ether oxygens (including phenoxy) is 1. The topological polar surface area (TPSA) is 91.6 Å². The van der Waals surface area contributed by atoms with Gasteiger partial charge in [0.15, 0.2) is 0 Å². The molecular weight excluding hydrogens is 307 g/mol. The smallest absolute Gasteiger partial charge is 0.282 e. The Bertz CT molecular complexity index is 706. The van der Waals surface area contributed by atoms with Crippen LogP contribution >= 0.6 is 8.03 Å². The van der Waals surface area contributed by atoms with Gasteiger partial charge >= 0.3 is 0 Å². The molecule has 0 aliphatic carbocycles. The fraction of sp³-hybridized carbons (Fsp3) is 0.214. The highest BCUT2D eigenvalue weighted by Crippen LogP contribution is 2.33. The van der Waals surface area contributed by atoms with E-state index in [1.165, 1.54) is 12.1 Å². The van der Waals surface area contributed by atoms with E-state index < -0.39 is 13.0 Å². The van der Waals surface area contributed by atoms with Gasteiger partial charge in [0.2, 0.25) is 13.9 Å². The molecule has 0 amide bonds. The first kappa shape index (κ1) is 16.1. The molecule has 0 saturated heterocycles. The molecule has 2 rings (SSSR count). The number of nitro groups is 1. The van der Waals surface area contributed by atoms with E-state index in [-0.39, 0.29) is 17.6 Å². The zero-order chi connectivity index (χ0) is 16.1. The SMILES string of the molecule is CCO[PH](=O)c1cc(Oc2ccccn2)c(C)cc1[N+](=O)[O-]. The first-order valence-corrected chi connectivity index (χ1v) is 7.89. The van der Waals surface area contributed by atoms with Crippen LogP contribution in [0.2, 0.25) is 0 Å². The molecule has 7 nitrogen and oxygen atoms in total. The van der Waals surface area contributed by atoms with E-state index in [4.69, 9.17) is 9.26 Å². The van der Waals surface area contributed by atoms with Gasteiger partial charge < -0.3 is 9.26 Å². The summed E-state index contributed by atoms with van der Waals surface area (Å²) >= 11 is 0. The molecule has 0 bridgehead atoms. The lowest BCUT2D eigenvalue weighted by Gasteiger charge is -2.10. The van der Waals surface area contributed by atoms with Gasteiger partial charge in [-0.15, -0.1) is 0 Å². The van der Waals surface area contributed by atoms with Crippen molar-refractivity contribution in [2.24, 2.45) is 0 Å². The van der Waals surface area contributed by atoms with E-state index in [1.54, 1.807) is 38.2 Å². The normalized spacial score (nSPS) is 11.9. The quantitative estimate of drug-likeness (QED) is 0.460. The number of nitrogens with zero attached hydrogens (tertiary/aromatic N) is 2. The summed E-state index contributed by atoms with van der Waals surface area (Å²) < 4.78 is 22.7. The summed E-state index contributed by atoms with van der Waals surface area (Å²) in [5.74, 6) is 0.707. The van der Waals surface area contributed by atoms with Crippen LogP contribution in [0.3, 0.4) is 0 Å². The predicted octanol–water partition coefficient (Wildman–Crippen LogP) is 3.23. The summed E-state index contributed by atoms with van der Waals surface area (Å²) in [6.45, 7) is 3.56. The third kappa shape index (κ3) is 3.69. The zero-order valence-corrected chi connectivity index (χ0v) is 13.1. The maximum Gasteiger partial charge on any atom is 0.282 e. The molecule has 1 atom stereocenters. The Morgan fingerprint density at radius 2 is 2.14 bits per heavy atom. The summed E-state index contributed by atoms with van der Waals surface area (Å²) in [7, 11) is -2.71.